The van der Waals surface area contributed by atoms with Crippen LogP contribution in [0.1, 0.15) is 51.4 Å². The van der Waals surface area contributed by atoms with Gasteiger partial charge in [0.1, 0.15) is 0 Å². The maximum atomic E-state index is 13.3. The molecule has 1 unspecified atom stereocenters. The highest BCUT2D eigenvalue weighted by Crippen LogP contribution is 2.25. The monoisotopic (exact) mass is 426 g/mol. The first kappa shape index (κ1) is 22.1. The molecule has 3 amide bonds. The molecule has 0 bridgehead atoms. The summed E-state index contributed by atoms with van der Waals surface area (Å²) >= 11 is 0. The van der Waals surface area contributed by atoms with Gasteiger partial charge >= 0.3 is 6.03 Å². The van der Waals surface area contributed by atoms with E-state index in [-0.39, 0.29) is 18.0 Å². The molecule has 0 spiro atoms. The SMILES string of the molecule is C=CC(=O)NC1CCCCN(S(=O)(=O)C2CCN(C(=O)N3CCCCC3)CC2)C1. The molecule has 8 nitrogen and oxygen atoms in total. The molecule has 3 rings (SSSR count). The van der Waals surface area contributed by atoms with Crippen molar-refractivity contribution in [3.8, 4) is 0 Å². The molecule has 164 valence electrons. The number of likely N-dealkylation sites (tertiary alicyclic amines) is 2. The van der Waals surface area contributed by atoms with Gasteiger partial charge in [-0.1, -0.05) is 13.0 Å². The molecule has 0 saturated carbocycles. The Morgan fingerprint density at radius 1 is 0.862 bits per heavy atom. The predicted molar refractivity (Wildman–Crippen MR) is 112 cm³/mol. The Kier molecular flexibility index (Phi) is 7.56. The second-order valence-electron chi connectivity index (χ2n) is 8.33. The Morgan fingerprint density at radius 3 is 2.14 bits per heavy atom. The molecule has 3 aliphatic heterocycles. The zero-order valence-electron chi connectivity index (χ0n) is 17.2. The Labute approximate surface area is 174 Å². The molecule has 29 heavy (non-hydrogen) atoms. The average Bonchev–Trinajstić information content (AvgIpc) is 3.00. The molecule has 3 heterocycles. The summed E-state index contributed by atoms with van der Waals surface area (Å²) in [5.74, 6) is -0.265. The van der Waals surface area contributed by atoms with Gasteiger partial charge in [0.15, 0.2) is 0 Å². The van der Waals surface area contributed by atoms with Gasteiger partial charge in [-0.2, -0.15) is 4.31 Å². The van der Waals surface area contributed by atoms with Gasteiger partial charge in [0.2, 0.25) is 15.9 Å². The van der Waals surface area contributed by atoms with Crippen LogP contribution in [0.4, 0.5) is 4.79 Å². The molecule has 0 aromatic carbocycles. The Morgan fingerprint density at radius 2 is 1.48 bits per heavy atom. The highest BCUT2D eigenvalue weighted by Gasteiger charge is 2.38. The Hall–Kier alpha value is -1.61. The molecule has 0 aliphatic carbocycles. The summed E-state index contributed by atoms with van der Waals surface area (Å²) in [6, 6.07) is -0.124. The van der Waals surface area contributed by atoms with Crippen molar-refractivity contribution in [1.29, 1.82) is 0 Å². The summed E-state index contributed by atoms with van der Waals surface area (Å²) in [5.41, 5.74) is 0. The van der Waals surface area contributed by atoms with Crippen molar-refractivity contribution in [2.24, 2.45) is 0 Å². The van der Waals surface area contributed by atoms with Crippen LogP contribution in [-0.2, 0) is 14.8 Å². The second kappa shape index (κ2) is 9.93. The molecule has 3 saturated heterocycles. The summed E-state index contributed by atoms with van der Waals surface area (Å²) < 4.78 is 28.1. The fraction of sp³-hybridized carbons (Fsp3) is 0.800. The Bertz CT molecular complexity index is 697. The summed E-state index contributed by atoms with van der Waals surface area (Å²) in [4.78, 5) is 28.0. The lowest BCUT2D eigenvalue weighted by Gasteiger charge is -2.38. The standard InChI is InChI=1S/C20H34N4O4S/c1-2-19(25)21-17-8-4-7-13-24(16-17)29(27,28)18-9-14-23(15-10-18)20(26)22-11-5-3-6-12-22/h2,17-18H,1,3-16H2,(H,21,25). The van der Waals surface area contributed by atoms with Crippen molar-refractivity contribution in [3.05, 3.63) is 12.7 Å². The lowest BCUT2D eigenvalue weighted by molar-refractivity contribution is -0.117. The van der Waals surface area contributed by atoms with Gasteiger partial charge < -0.3 is 15.1 Å². The zero-order chi connectivity index (χ0) is 20.9. The highest BCUT2D eigenvalue weighted by molar-refractivity contribution is 7.89. The second-order valence-corrected chi connectivity index (χ2v) is 10.5. The number of carbonyl (C=O) groups is 2. The third-order valence-electron chi connectivity index (χ3n) is 6.29. The maximum Gasteiger partial charge on any atom is 0.319 e. The normalized spacial score (nSPS) is 25.3. The number of rotatable bonds is 4. The van der Waals surface area contributed by atoms with E-state index in [4.69, 9.17) is 0 Å². The fourth-order valence-corrected chi connectivity index (χ4v) is 6.56. The molecule has 1 N–H and O–H groups in total. The van der Waals surface area contributed by atoms with Crippen LogP contribution < -0.4 is 5.32 Å². The molecule has 0 aromatic rings. The number of nitrogens with one attached hydrogen (secondary N) is 1. The third-order valence-corrected chi connectivity index (χ3v) is 8.65. The zero-order valence-corrected chi connectivity index (χ0v) is 18.0. The van der Waals surface area contributed by atoms with Crippen LogP contribution in [0.3, 0.4) is 0 Å². The number of nitrogens with zero attached hydrogens (tertiary/aromatic N) is 3. The first-order valence-electron chi connectivity index (χ1n) is 10.9. The molecule has 3 aliphatic rings. The van der Waals surface area contributed by atoms with Crippen molar-refractivity contribution in [2.75, 3.05) is 39.3 Å². The van der Waals surface area contributed by atoms with Crippen molar-refractivity contribution in [1.82, 2.24) is 19.4 Å². The first-order chi connectivity index (χ1) is 13.9. The van der Waals surface area contributed by atoms with Crippen LogP contribution in [-0.4, -0.2) is 85.0 Å². The molecule has 3 fully saturated rings. The minimum atomic E-state index is -3.45. The van der Waals surface area contributed by atoms with Gasteiger partial charge in [-0.25, -0.2) is 13.2 Å². The van der Waals surface area contributed by atoms with Crippen LogP contribution >= 0.6 is 0 Å². The highest BCUT2D eigenvalue weighted by atomic mass is 32.2. The van der Waals surface area contributed by atoms with Gasteiger partial charge in [0.25, 0.3) is 0 Å². The Balaban J connectivity index is 1.57. The maximum absolute atomic E-state index is 13.3. The van der Waals surface area contributed by atoms with Crippen LogP contribution in [0.5, 0.6) is 0 Å². The number of amides is 3. The lowest BCUT2D eigenvalue weighted by Crippen LogP contribution is -2.52. The number of piperidine rings is 2. The first-order valence-corrected chi connectivity index (χ1v) is 12.4. The predicted octanol–water partition coefficient (Wildman–Crippen LogP) is 1.54. The van der Waals surface area contributed by atoms with E-state index in [0.29, 0.717) is 39.0 Å². The van der Waals surface area contributed by atoms with E-state index in [2.05, 4.69) is 11.9 Å². The third kappa shape index (κ3) is 5.51. The number of carbonyl (C=O) groups excluding carboxylic acids is 2. The van der Waals surface area contributed by atoms with Crippen molar-refractivity contribution in [2.45, 2.75) is 62.7 Å². The van der Waals surface area contributed by atoms with Crippen molar-refractivity contribution >= 4 is 22.0 Å². The van der Waals surface area contributed by atoms with E-state index < -0.39 is 15.3 Å². The summed E-state index contributed by atoms with van der Waals surface area (Å²) in [5, 5.41) is 2.39. The van der Waals surface area contributed by atoms with Crippen LogP contribution in [0, 0.1) is 0 Å². The van der Waals surface area contributed by atoms with Crippen molar-refractivity contribution < 1.29 is 18.0 Å². The van der Waals surface area contributed by atoms with E-state index in [0.717, 1.165) is 45.2 Å². The van der Waals surface area contributed by atoms with Gasteiger partial charge in [-0.3, -0.25) is 4.79 Å². The minimum Gasteiger partial charge on any atom is -0.349 e. The molecule has 0 aromatic heterocycles. The van der Waals surface area contributed by atoms with E-state index in [1.807, 2.05) is 9.80 Å². The minimum absolute atomic E-state index is 0.0579. The van der Waals surface area contributed by atoms with E-state index in [1.165, 1.54) is 12.5 Å². The quantitative estimate of drug-likeness (QED) is 0.691. The summed E-state index contributed by atoms with van der Waals surface area (Å²) in [6.45, 7) is 6.87. The summed E-state index contributed by atoms with van der Waals surface area (Å²) in [7, 11) is -3.45. The number of hydrogen-bond acceptors (Lipinski definition) is 4. The molecule has 1 atom stereocenters. The summed E-state index contributed by atoms with van der Waals surface area (Å²) in [6.07, 6.45) is 7.90. The van der Waals surface area contributed by atoms with Gasteiger partial charge in [0.05, 0.1) is 5.25 Å². The van der Waals surface area contributed by atoms with Gasteiger partial charge in [-0.15, -0.1) is 0 Å². The molecule has 0 radical (unpaired) electrons. The number of urea groups is 1. The number of sulfonamides is 1. The van der Waals surface area contributed by atoms with Crippen LogP contribution in [0.15, 0.2) is 12.7 Å². The van der Waals surface area contributed by atoms with Crippen LogP contribution in [0.2, 0.25) is 0 Å². The van der Waals surface area contributed by atoms with Gasteiger partial charge in [0, 0.05) is 45.3 Å². The lowest BCUT2D eigenvalue weighted by atomic mass is 10.1. The smallest absolute Gasteiger partial charge is 0.319 e. The molecular weight excluding hydrogens is 392 g/mol. The largest absolute Gasteiger partial charge is 0.349 e. The number of hydrogen-bond donors (Lipinski definition) is 1. The van der Waals surface area contributed by atoms with Gasteiger partial charge in [-0.05, 0) is 51.0 Å². The van der Waals surface area contributed by atoms with E-state index >= 15 is 0 Å². The topological polar surface area (TPSA) is 90.0 Å². The fourth-order valence-electron chi connectivity index (χ4n) is 4.56. The van der Waals surface area contributed by atoms with Crippen LogP contribution in [0.25, 0.3) is 0 Å². The van der Waals surface area contributed by atoms with E-state index in [9.17, 15) is 18.0 Å². The van der Waals surface area contributed by atoms with Crippen molar-refractivity contribution in [3.63, 3.8) is 0 Å². The average molecular weight is 427 g/mol. The molecule has 9 heteroatoms. The molecular formula is C20H34N4O4S. The van der Waals surface area contributed by atoms with E-state index in [1.54, 1.807) is 4.31 Å².